The third-order valence-electron chi connectivity index (χ3n) is 10.8. The summed E-state index contributed by atoms with van der Waals surface area (Å²) in [5.74, 6) is 0.968. The van der Waals surface area contributed by atoms with Crippen molar-refractivity contribution >= 4 is 30.0 Å². The molecule has 3 aromatic carbocycles. The van der Waals surface area contributed by atoms with Crippen molar-refractivity contribution in [3.05, 3.63) is 89.0 Å². The summed E-state index contributed by atoms with van der Waals surface area (Å²) in [6, 6.07) is 22.7. The van der Waals surface area contributed by atoms with Crippen molar-refractivity contribution in [2.45, 2.75) is 12.2 Å². The van der Waals surface area contributed by atoms with Gasteiger partial charge < -0.3 is 90.2 Å². The molecule has 0 amide bonds. The molecule has 0 saturated heterocycles. The van der Waals surface area contributed by atoms with Gasteiger partial charge >= 0.3 is 0 Å². The fourth-order valence-corrected chi connectivity index (χ4v) is 6.58. The molecule has 77 heavy (non-hydrogen) atoms. The van der Waals surface area contributed by atoms with E-state index in [1.807, 2.05) is 38.4 Å². The highest BCUT2D eigenvalue weighted by atomic mass is 16.6. The molecule has 0 spiro atoms. The summed E-state index contributed by atoms with van der Waals surface area (Å²) < 4.78 is 103. The predicted octanol–water partition coefficient (Wildman–Crippen LogP) is 6.37. The molecule has 0 unspecified atom stereocenters. The topological polar surface area (TPSA) is 169 Å². The normalized spacial score (nSPS) is 11.8. The van der Waals surface area contributed by atoms with Crippen molar-refractivity contribution in [3.8, 4) is 11.5 Å². The second-order valence-corrected chi connectivity index (χ2v) is 17.2. The van der Waals surface area contributed by atoms with E-state index in [0.29, 0.717) is 170 Å². The predicted molar refractivity (Wildman–Crippen MR) is 298 cm³/mol. The van der Waals surface area contributed by atoms with Gasteiger partial charge in [0, 0.05) is 48.2 Å². The van der Waals surface area contributed by atoms with Crippen LogP contribution in [0, 0.1) is 0 Å². The highest BCUT2D eigenvalue weighted by Gasteiger charge is 2.20. The van der Waals surface area contributed by atoms with Crippen LogP contribution in [0.5, 0.6) is 11.5 Å². The van der Waals surface area contributed by atoms with E-state index in [0.717, 1.165) is 27.9 Å². The van der Waals surface area contributed by atoms with Gasteiger partial charge in [0.25, 0.3) is 0 Å². The Morgan fingerprint density at radius 3 is 0.844 bits per heavy atom. The van der Waals surface area contributed by atoms with Crippen molar-refractivity contribution in [1.29, 1.82) is 0 Å². The Kier molecular flexibility index (Phi) is 41.8. The molecule has 0 fully saturated rings. The molecule has 0 radical (unpaired) electrons. The fraction of sp³-hybridized carbons (Fsp3) is 0.621. The number of rotatable bonds is 53. The lowest BCUT2D eigenvalue weighted by Crippen LogP contribution is -2.32. The number of methoxy groups -OCH3 is 4. The minimum Gasteiger partial charge on any atom is -0.482 e. The zero-order chi connectivity index (χ0) is 54.9. The van der Waals surface area contributed by atoms with Crippen LogP contribution in [0.4, 0.5) is 5.69 Å². The number of anilines is 1. The van der Waals surface area contributed by atoms with Gasteiger partial charge in [0.05, 0.1) is 185 Å². The van der Waals surface area contributed by atoms with Crippen LogP contribution >= 0.6 is 0 Å². The molecule has 19 heteroatoms. The quantitative estimate of drug-likeness (QED) is 0.0451. The fourth-order valence-electron chi connectivity index (χ4n) is 6.58. The molecular weight excluding hydrogens is 999 g/mol. The largest absolute Gasteiger partial charge is 0.482 e. The highest BCUT2D eigenvalue weighted by molar-refractivity contribution is 5.74. The van der Waals surface area contributed by atoms with Crippen LogP contribution < -0.4 is 14.4 Å². The van der Waals surface area contributed by atoms with E-state index in [9.17, 15) is 0 Å². The number of benzene rings is 3. The maximum absolute atomic E-state index is 6.79. The number of hydrogen-bond acceptors (Lipinski definition) is 19. The smallest absolute Gasteiger partial charge is 0.162 e. The van der Waals surface area contributed by atoms with E-state index in [4.69, 9.17) is 85.3 Å². The van der Waals surface area contributed by atoms with Crippen LogP contribution in [0.1, 0.15) is 22.3 Å². The molecule has 0 aliphatic carbocycles. The lowest BCUT2D eigenvalue weighted by atomic mass is 10.1. The third-order valence-corrected chi connectivity index (χ3v) is 10.8. The minimum atomic E-state index is -0.546. The van der Waals surface area contributed by atoms with E-state index < -0.39 is 12.2 Å². The Morgan fingerprint density at radius 2 is 0.545 bits per heavy atom. The summed E-state index contributed by atoms with van der Waals surface area (Å²) >= 11 is 0. The SMILES string of the molecule is COCCOCCOCCOCC(COCCOCCOCCOC)Oc1ccc(/C=C/c2ccc(/C=C/c3ccc(N(C)C)cc3)cc2)cc1OC(COCCOCCOCCOC)COCCOCCOCCOC. The van der Waals surface area contributed by atoms with Gasteiger partial charge in [0.1, 0.15) is 12.2 Å². The average Bonchev–Trinajstić information content (AvgIpc) is 3.44. The van der Waals surface area contributed by atoms with Crippen molar-refractivity contribution < 1.29 is 85.3 Å². The Bertz CT molecular complexity index is 1810. The van der Waals surface area contributed by atoms with Gasteiger partial charge in [-0.05, 0) is 46.5 Å². The number of hydrogen-bond donors (Lipinski definition) is 0. The molecule has 19 nitrogen and oxygen atoms in total. The van der Waals surface area contributed by atoms with Crippen LogP contribution in [-0.2, 0) is 75.8 Å². The average molecular weight is 1090 g/mol. The van der Waals surface area contributed by atoms with E-state index in [-0.39, 0.29) is 26.4 Å². The van der Waals surface area contributed by atoms with E-state index in [1.54, 1.807) is 28.4 Å². The second-order valence-electron chi connectivity index (χ2n) is 17.2. The molecule has 0 saturated carbocycles. The molecule has 0 aliphatic rings. The number of nitrogens with zero attached hydrogens (tertiary/aromatic N) is 1. The standard InChI is InChI=1S/C58H91NO18/c1-59(2)54-18-15-52(16-19-54)12-11-50-7-9-51(10-8-50)13-14-53-17-20-57(76-55(46-72-41-37-68-33-29-64-25-21-60-3)47-73-42-38-69-34-30-65-26-22-61-4)58(45-53)77-56(48-74-43-39-70-35-31-66-27-23-62-5)49-75-44-40-71-36-32-67-28-24-63-6/h7-20,45,55-56H,21-44,46-49H2,1-6H3/b12-11+,14-13+. The summed E-state index contributed by atoms with van der Waals surface area (Å²) in [6.07, 6.45) is 7.25. The van der Waals surface area contributed by atoms with Crippen molar-refractivity contribution in [3.63, 3.8) is 0 Å². The van der Waals surface area contributed by atoms with Crippen LogP contribution in [0.25, 0.3) is 24.3 Å². The molecule has 0 atom stereocenters. The molecular formula is C58H91NO18. The zero-order valence-corrected chi connectivity index (χ0v) is 46.9. The molecule has 0 bridgehead atoms. The van der Waals surface area contributed by atoms with Gasteiger partial charge in [0.15, 0.2) is 11.5 Å². The summed E-state index contributed by atoms with van der Waals surface area (Å²) in [6.45, 7) is 11.4. The summed E-state index contributed by atoms with van der Waals surface area (Å²) in [5.41, 5.74) is 5.31. The molecule has 436 valence electrons. The van der Waals surface area contributed by atoms with Crippen LogP contribution in [0.3, 0.4) is 0 Å². The first kappa shape index (κ1) is 67.2. The van der Waals surface area contributed by atoms with Gasteiger partial charge in [-0.25, -0.2) is 0 Å². The molecule has 3 aromatic rings. The Morgan fingerprint density at radius 1 is 0.299 bits per heavy atom. The van der Waals surface area contributed by atoms with Crippen LogP contribution in [0.15, 0.2) is 66.7 Å². The van der Waals surface area contributed by atoms with E-state index >= 15 is 0 Å². The minimum absolute atomic E-state index is 0.202. The molecule has 0 aromatic heterocycles. The molecule has 0 heterocycles. The first-order valence-corrected chi connectivity index (χ1v) is 26.5. The highest BCUT2D eigenvalue weighted by Crippen LogP contribution is 2.32. The summed E-state index contributed by atoms with van der Waals surface area (Å²) in [5, 5.41) is 0. The Balaban J connectivity index is 1.80. The molecule has 0 aliphatic heterocycles. The Hall–Kier alpha value is -4.10. The number of ether oxygens (including phenoxy) is 18. The third kappa shape index (κ3) is 35.9. The lowest BCUT2D eigenvalue weighted by Gasteiger charge is -2.24. The monoisotopic (exact) mass is 1090 g/mol. The first-order chi connectivity index (χ1) is 37.9. The van der Waals surface area contributed by atoms with Gasteiger partial charge in [-0.3, -0.25) is 0 Å². The first-order valence-electron chi connectivity index (χ1n) is 26.5. The Labute approximate surface area is 459 Å². The van der Waals surface area contributed by atoms with Gasteiger partial charge in [-0.1, -0.05) is 66.8 Å². The van der Waals surface area contributed by atoms with Gasteiger partial charge in [-0.2, -0.15) is 0 Å². The van der Waals surface area contributed by atoms with Crippen molar-refractivity contribution in [2.24, 2.45) is 0 Å². The lowest BCUT2D eigenvalue weighted by molar-refractivity contribution is -0.0469. The van der Waals surface area contributed by atoms with Gasteiger partial charge in [-0.15, -0.1) is 0 Å². The van der Waals surface area contributed by atoms with Crippen molar-refractivity contribution in [2.75, 3.05) is 232 Å². The summed E-state index contributed by atoms with van der Waals surface area (Å²) in [4.78, 5) is 2.09. The van der Waals surface area contributed by atoms with Gasteiger partial charge in [0.2, 0.25) is 0 Å². The van der Waals surface area contributed by atoms with Crippen molar-refractivity contribution in [1.82, 2.24) is 0 Å². The van der Waals surface area contributed by atoms with Crippen LogP contribution in [0.2, 0.25) is 0 Å². The van der Waals surface area contributed by atoms with E-state index in [1.165, 1.54) is 0 Å². The van der Waals surface area contributed by atoms with Crippen LogP contribution in [-0.4, -0.2) is 240 Å². The second kappa shape index (κ2) is 47.9. The zero-order valence-electron chi connectivity index (χ0n) is 46.9. The molecule has 0 N–H and O–H groups in total. The molecule has 3 rings (SSSR count). The maximum atomic E-state index is 6.79. The van der Waals surface area contributed by atoms with E-state index in [2.05, 4.69) is 71.7 Å². The maximum Gasteiger partial charge on any atom is 0.162 e. The summed E-state index contributed by atoms with van der Waals surface area (Å²) in [7, 11) is 10.6.